The smallest absolute Gasteiger partial charge is 0.245 e. The maximum atomic E-state index is 12.6. The molecule has 1 aliphatic rings. The van der Waals surface area contributed by atoms with Gasteiger partial charge in [-0.3, -0.25) is 0 Å². The fraction of sp³-hybridized carbons (Fsp3) is 0.538. The van der Waals surface area contributed by atoms with E-state index in [0.29, 0.717) is 30.3 Å². The molecule has 1 heterocycles. The number of benzene rings is 1. The number of nitrogen functional groups attached to an aromatic ring is 1. The molecule has 0 spiro atoms. The van der Waals surface area contributed by atoms with Gasteiger partial charge in [-0.2, -0.15) is 4.31 Å². The molecule has 1 saturated heterocycles. The molecule has 1 fully saturated rings. The number of aryl methyl sites for hydroxylation is 1. The largest absolute Gasteiger partial charge is 0.398 e. The summed E-state index contributed by atoms with van der Waals surface area (Å²) in [6.07, 6.45) is 2.02. The Balaban J connectivity index is 2.42. The highest BCUT2D eigenvalue weighted by molar-refractivity contribution is 7.89. The number of hydrogen-bond donors (Lipinski definition) is 1. The van der Waals surface area contributed by atoms with Gasteiger partial charge in [0.2, 0.25) is 10.0 Å². The first-order valence-corrected chi connectivity index (χ1v) is 7.72. The van der Waals surface area contributed by atoms with Crippen LogP contribution in [-0.4, -0.2) is 25.8 Å². The molecule has 4 nitrogen and oxygen atoms in total. The molecule has 1 aliphatic heterocycles. The van der Waals surface area contributed by atoms with Crippen molar-refractivity contribution in [1.29, 1.82) is 0 Å². The molecule has 0 aromatic heterocycles. The third-order valence-electron chi connectivity index (χ3n) is 3.46. The molecule has 1 atom stereocenters. The van der Waals surface area contributed by atoms with E-state index in [1.165, 1.54) is 0 Å². The first-order chi connectivity index (χ1) is 8.43. The fourth-order valence-corrected chi connectivity index (χ4v) is 4.44. The van der Waals surface area contributed by atoms with E-state index in [4.69, 9.17) is 5.73 Å². The predicted molar refractivity (Wildman–Crippen MR) is 72.7 cm³/mol. The van der Waals surface area contributed by atoms with Crippen LogP contribution in [-0.2, 0) is 10.0 Å². The van der Waals surface area contributed by atoms with Crippen LogP contribution < -0.4 is 5.73 Å². The van der Waals surface area contributed by atoms with E-state index in [1.807, 2.05) is 0 Å². The molecule has 1 aromatic carbocycles. The monoisotopic (exact) mass is 268 g/mol. The zero-order valence-corrected chi connectivity index (χ0v) is 11.7. The van der Waals surface area contributed by atoms with Crippen molar-refractivity contribution in [2.75, 3.05) is 18.8 Å². The highest BCUT2D eigenvalue weighted by atomic mass is 32.2. The molecule has 2 rings (SSSR count). The van der Waals surface area contributed by atoms with Crippen molar-refractivity contribution in [3.8, 4) is 0 Å². The van der Waals surface area contributed by atoms with Gasteiger partial charge in [0.1, 0.15) is 4.90 Å². The van der Waals surface area contributed by atoms with Crippen LogP contribution in [0.4, 0.5) is 5.69 Å². The lowest BCUT2D eigenvalue weighted by molar-refractivity contribution is 0.281. The van der Waals surface area contributed by atoms with Gasteiger partial charge in [0.25, 0.3) is 0 Å². The molecule has 5 heteroatoms. The zero-order valence-electron chi connectivity index (χ0n) is 10.9. The summed E-state index contributed by atoms with van der Waals surface area (Å²) in [5, 5.41) is 0. The van der Waals surface area contributed by atoms with Crippen molar-refractivity contribution >= 4 is 15.7 Å². The molecule has 0 amide bonds. The highest BCUT2D eigenvalue weighted by Gasteiger charge is 2.31. The third-order valence-corrected chi connectivity index (χ3v) is 5.55. The van der Waals surface area contributed by atoms with Crippen LogP contribution in [0.3, 0.4) is 0 Å². The van der Waals surface area contributed by atoms with Gasteiger partial charge in [0.05, 0.1) is 5.69 Å². The Morgan fingerprint density at radius 1 is 1.39 bits per heavy atom. The fourth-order valence-electron chi connectivity index (χ4n) is 2.52. The minimum atomic E-state index is -3.45. The van der Waals surface area contributed by atoms with Gasteiger partial charge in [0, 0.05) is 13.1 Å². The summed E-state index contributed by atoms with van der Waals surface area (Å²) in [5.41, 5.74) is 6.90. The molecule has 0 saturated carbocycles. The predicted octanol–water partition coefficient (Wildman–Crippen LogP) is 2.00. The second-order valence-corrected chi connectivity index (χ2v) is 6.98. The van der Waals surface area contributed by atoms with Crippen LogP contribution in [0.25, 0.3) is 0 Å². The van der Waals surface area contributed by atoms with Crippen molar-refractivity contribution in [3.05, 3.63) is 23.8 Å². The molecule has 0 aliphatic carbocycles. The molecule has 1 aromatic rings. The van der Waals surface area contributed by atoms with Crippen LogP contribution >= 0.6 is 0 Å². The number of piperidine rings is 1. The second kappa shape index (κ2) is 4.90. The molecule has 0 bridgehead atoms. The average molecular weight is 268 g/mol. The van der Waals surface area contributed by atoms with Crippen LogP contribution in [0.1, 0.15) is 25.3 Å². The van der Waals surface area contributed by atoms with E-state index in [1.54, 1.807) is 29.4 Å². The Labute approximate surface area is 109 Å². The molecule has 2 N–H and O–H groups in total. The maximum absolute atomic E-state index is 12.6. The summed E-state index contributed by atoms with van der Waals surface area (Å²) in [6.45, 7) is 5.07. The van der Waals surface area contributed by atoms with E-state index in [9.17, 15) is 8.42 Å². The first kappa shape index (κ1) is 13.4. The van der Waals surface area contributed by atoms with E-state index in [0.717, 1.165) is 12.8 Å². The second-order valence-electron chi connectivity index (χ2n) is 5.10. The van der Waals surface area contributed by atoms with Crippen molar-refractivity contribution < 1.29 is 8.42 Å². The molecule has 18 heavy (non-hydrogen) atoms. The van der Waals surface area contributed by atoms with Crippen molar-refractivity contribution in [2.45, 2.75) is 31.6 Å². The number of sulfonamides is 1. The number of rotatable bonds is 2. The van der Waals surface area contributed by atoms with Gasteiger partial charge in [-0.1, -0.05) is 19.1 Å². The SMILES string of the molecule is Cc1cccc(N)c1S(=O)(=O)N1CCCC(C)C1. The summed E-state index contributed by atoms with van der Waals surface area (Å²) < 4.78 is 26.8. The van der Waals surface area contributed by atoms with Gasteiger partial charge in [-0.15, -0.1) is 0 Å². The van der Waals surface area contributed by atoms with Gasteiger partial charge in [-0.05, 0) is 37.3 Å². The minimum absolute atomic E-state index is 0.277. The Hall–Kier alpha value is -1.07. The van der Waals surface area contributed by atoms with Gasteiger partial charge in [-0.25, -0.2) is 8.42 Å². The Morgan fingerprint density at radius 2 is 2.11 bits per heavy atom. The minimum Gasteiger partial charge on any atom is -0.398 e. The van der Waals surface area contributed by atoms with Crippen LogP contribution in [0.5, 0.6) is 0 Å². The van der Waals surface area contributed by atoms with Crippen molar-refractivity contribution in [2.24, 2.45) is 5.92 Å². The van der Waals surface area contributed by atoms with Gasteiger partial charge in [0.15, 0.2) is 0 Å². The number of nitrogens with two attached hydrogens (primary N) is 1. The highest BCUT2D eigenvalue weighted by Crippen LogP contribution is 2.29. The molecule has 0 radical (unpaired) electrons. The lowest BCUT2D eigenvalue weighted by atomic mass is 10.0. The topological polar surface area (TPSA) is 63.4 Å². The number of hydrogen-bond acceptors (Lipinski definition) is 3. The van der Waals surface area contributed by atoms with Crippen molar-refractivity contribution in [1.82, 2.24) is 4.31 Å². The summed E-state index contributed by atoms with van der Waals surface area (Å²) in [5.74, 6) is 0.416. The molecular weight excluding hydrogens is 248 g/mol. The molecule has 1 unspecified atom stereocenters. The van der Waals surface area contributed by atoms with Crippen LogP contribution in [0.15, 0.2) is 23.1 Å². The standard InChI is InChI=1S/C13H20N2O2S/c1-10-5-4-8-15(9-10)18(16,17)13-11(2)6-3-7-12(13)14/h3,6-7,10H,4-5,8-9,14H2,1-2H3. The van der Waals surface area contributed by atoms with E-state index in [2.05, 4.69) is 6.92 Å². The average Bonchev–Trinajstić information content (AvgIpc) is 2.28. The number of nitrogens with zero attached hydrogens (tertiary/aromatic N) is 1. The number of anilines is 1. The maximum Gasteiger partial charge on any atom is 0.245 e. The summed E-state index contributed by atoms with van der Waals surface area (Å²) in [7, 11) is -3.45. The lowest BCUT2D eigenvalue weighted by Gasteiger charge is -2.30. The van der Waals surface area contributed by atoms with Gasteiger partial charge >= 0.3 is 0 Å². The third kappa shape index (κ3) is 2.37. The van der Waals surface area contributed by atoms with Crippen LogP contribution in [0.2, 0.25) is 0 Å². The lowest BCUT2D eigenvalue weighted by Crippen LogP contribution is -2.39. The summed E-state index contributed by atoms with van der Waals surface area (Å²) in [6, 6.07) is 5.21. The first-order valence-electron chi connectivity index (χ1n) is 6.28. The van der Waals surface area contributed by atoms with Crippen LogP contribution in [0, 0.1) is 12.8 Å². The molecular formula is C13H20N2O2S. The Kier molecular flexibility index (Phi) is 3.64. The summed E-state index contributed by atoms with van der Waals surface area (Å²) in [4.78, 5) is 0.277. The summed E-state index contributed by atoms with van der Waals surface area (Å²) >= 11 is 0. The quantitative estimate of drug-likeness (QED) is 0.834. The molecule has 100 valence electrons. The van der Waals surface area contributed by atoms with E-state index < -0.39 is 10.0 Å². The zero-order chi connectivity index (χ0) is 13.3. The van der Waals surface area contributed by atoms with E-state index in [-0.39, 0.29) is 4.90 Å². The van der Waals surface area contributed by atoms with Crippen molar-refractivity contribution in [3.63, 3.8) is 0 Å². The van der Waals surface area contributed by atoms with E-state index >= 15 is 0 Å². The normalized spacial score (nSPS) is 22.0. The Morgan fingerprint density at radius 3 is 2.72 bits per heavy atom. The van der Waals surface area contributed by atoms with Gasteiger partial charge < -0.3 is 5.73 Å². The Bertz CT molecular complexity index is 520.